The number of carbonyl (C=O) groups excluding carboxylic acids is 2. The highest BCUT2D eigenvalue weighted by atomic mass is 35.5. The summed E-state index contributed by atoms with van der Waals surface area (Å²) in [6.45, 7) is 4.11. The van der Waals surface area contributed by atoms with Crippen LogP contribution in [0.25, 0.3) is 22.2 Å². The van der Waals surface area contributed by atoms with Crippen LogP contribution >= 0.6 is 46.4 Å². The highest BCUT2D eigenvalue weighted by Gasteiger charge is 2.25. The Balaban J connectivity index is 1.36. The van der Waals surface area contributed by atoms with Crippen LogP contribution in [0.5, 0.6) is 0 Å². The van der Waals surface area contributed by atoms with E-state index in [1.54, 1.807) is 36.4 Å². The number of pyridine rings is 1. The van der Waals surface area contributed by atoms with E-state index in [0.717, 1.165) is 29.6 Å². The number of carbonyl (C=O) groups is 2. The molecule has 7 nitrogen and oxygen atoms in total. The zero-order chi connectivity index (χ0) is 29.6. The van der Waals surface area contributed by atoms with Crippen molar-refractivity contribution in [3.05, 3.63) is 97.9 Å². The molecule has 1 aliphatic rings. The molecular weight excluding hydrogens is 618 g/mol. The van der Waals surface area contributed by atoms with Gasteiger partial charge in [0, 0.05) is 43.5 Å². The molecule has 2 amide bonds. The summed E-state index contributed by atoms with van der Waals surface area (Å²) in [7, 11) is 0. The van der Waals surface area contributed by atoms with Crippen molar-refractivity contribution in [2.75, 3.05) is 39.4 Å². The number of halogens is 4. The second-order valence-electron chi connectivity index (χ2n) is 9.89. The minimum Gasteiger partial charge on any atom is -0.379 e. The van der Waals surface area contributed by atoms with Crippen LogP contribution < -0.4 is 10.6 Å². The number of hydrogen-bond donors (Lipinski definition) is 2. The van der Waals surface area contributed by atoms with Gasteiger partial charge in [-0.1, -0.05) is 70.7 Å². The van der Waals surface area contributed by atoms with Crippen molar-refractivity contribution in [1.29, 1.82) is 0 Å². The molecule has 2 heterocycles. The molecule has 0 radical (unpaired) electrons. The van der Waals surface area contributed by atoms with E-state index in [4.69, 9.17) is 56.1 Å². The molecule has 0 aliphatic carbocycles. The van der Waals surface area contributed by atoms with E-state index in [1.165, 1.54) is 0 Å². The highest BCUT2D eigenvalue weighted by molar-refractivity contribution is 6.40. The Morgan fingerprint density at radius 3 is 2.24 bits per heavy atom. The molecule has 1 fully saturated rings. The number of amides is 2. The molecule has 1 atom stereocenters. The van der Waals surface area contributed by atoms with E-state index >= 15 is 0 Å². The van der Waals surface area contributed by atoms with Crippen LogP contribution in [-0.2, 0) is 16.0 Å². The maximum absolute atomic E-state index is 13.4. The summed E-state index contributed by atoms with van der Waals surface area (Å²) in [5.74, 6) is -0.829. The van der Waals surface area contributed by atoms with Gasteiger partial charge in [0.2, 0.25) is 5.91 Å². The zero-order valence-corrected chi connectivity index (χ0v) is 25.5. The normalized spacial score (nSPS) is 14.5. The highest BCUT2D eigenvalue weighted by Crippen LogP contribution is 2.34. The molecule has 42 heavy (non-hydrogen) atoms. The Labute approximate surface area is 264 Å². The van der Waals surface area contributed by atoms with Gasteiger partial charge in [-0.3, -0.25) is 14.5 Å². The zero-order valence-electron chi connectivity index (χ0n) is 22.5. The minimum absolute atomic E-state index is 0.125. The quantitative estimate of drug-likeness (QED) is 0.223. The molecule has 218 valence electrons. The number of nitrogens with zero attached hydrogens (tertiary/aromatic N) is 2. The van der Waals surface area contributed by atoms with Gasteiger partial charge in [0.1, 0.15) is 6.04 Å². The lowest BCUT2D eigenvalue weighted by Gasteiger charge is -2.27. The summed E-state index contributed by atoms with van der Waals surface area (Å²) in [4.78, 5) is 33.6. The van der Waals surface area contributed by atoms with Crippen molar-refractivity contribution in [3.8, 4) is 11.3 Å². The largest absolute Gasteiger partial charge is 0.379 e. The number of rotatable bonds is 9. The average Bonchev–Trinajstić information content (AvgIpc) is 2.97. The molecule has 4 aromatic rings. The lowest BCUT2D eigenvalue weighted by molar-refractivity contribution is -0.123. The van der Waals surface area contributed by atoms with Crippen LogP contribution in [0, 0.1) is 0 Å². The summed E-state index contributed by atoms with van der Waals surface area (Å²) in [5, 5.41) is 8.13. The fraction of sp³-hybridized carbons (Fsp3) is 0.258. The molecule has 1 unspecified atom stereocenters. The number of benzene rings is 3. The van der Waals surface area contributed by atoms with Crippen LogP contribution in [0.3, 0.4) is 0 Å². The SMILES string of the molecule is O=C(NC(Cc1ccc2nc(-c3c(Cl)cccc3Cl)ccc2c1)C(=O)NCCN1CCOCC1)c1c(Cl)cccc1Cl. The van der Waals surface area contributed by atoms with Gasteiger partial charge in [-0.2, -0.15) is 0 Å². The van der Waals surface area contributed by atoms with Crippen molar-refractivity contribution in [2.24, 2.45) is 0 Å². The van der Waals surface area contributed by atoms with E-state index in [-0.39, 0.29) is 27.9 Å². The standard InChI is InChI=1S/C31H28Cl4N4O3/c32-21-3-1-4-22(33)28(21)26-10-8-20-17-19(7-9-25(20)37-26)18-27(30(40)36-11-12-39-13-15-42-16-14-39)38-31(41)29-23(34)5-2-6-24(29)35/h1-10,17,27H,11-16,18H2,(H,36,40)(H,38,41). The first-order valence-corrected chi connectivity index (χ1v) is 15.0. The Bertz CT molecular complexity index is 1570. The first-order valence-electron chi connectivity index (χ1n) is 13.5. The van der Waals surface area contributed by atoms with Gasteiger partial charge in [0.05, 0.1) is 50.1 Å². The Morgan fingerprint density at radius 1 is 0.881 bits per heavy atom. The van der Waals surface area contributed by atoms with Crippen molar-refractivity contribution in [2.45, 2.75) is 12.5 Å². The van der Waals surface area contributed by atoms with Crippen molar-refractivity contribution in [1.82, 2.24) is 20.5 Å². The summed E-state index contributed by atoms with van der Waals surface area (Å²) in [5.41, 5.74) is 3.03. The van der Waals surface area contributed by atoms with Gasteiger partial charge in [0.15, 0.2) is 0 Å². The Kier molecular flexibility index (Phi) is 10.2. The van der Waals surface area contributed by atoms with Crippen LogP contribution in [0.4, 0.5) is 0 Å². The summed E-state index contributed by atoms with van der Waals surface area (Å²) in [6, 6.07) is 18.8. The number of ether oxygens (including phenoxy) is 1. The molecule has 2 N–H and O–H groups in total. The Morgan fingerprint density at radius 2 is 1.55 bits per heavy atom. The third-order valence-corrected chi connectivity index (χ3v) is 8.31. The molecular formula is C31H28Cl4N4O3. The smallest absolute Gasteiger partial charge is 0.254 e. The van der Waals surface area contributed by atoms with Crippen molar-refractivity contribution >= 4 is 69.1 Å². The molecule has 1 saturated heterocycles. The van der Waals surface area contributed by atoms with Gasteiger partial charge in [-0.05, 0) is 48.0 Å². The van der Waals surface area contributed by atoms with Gasteiger partial charge in [0.25, 0.3) is 5.91 Å². The summed E-state index contributed by atoms with van der Waals surface area (Å²) >= 11 is 25.3. The summed E-state index contributed by atoms with van der Waals surface area (Å²) < 4.78 is 5.39. The molecule has 0 saturated carbocycles. The van der Waals surface area contributed by atoms with Crippen LogP contribution in [-0.4, -0.2) is 67.1 Å². The number of fused-ring (bicyclic) bond motifs is 1. The lowest BCUT2D eigenvalue weighted by atomic mass is 10.0. The molecule has 0 bridgehead atoms. The van der Waals surface area contributed by atoms with Crippen molar-refractivity contribution in [3.63, 3.8) is 0 Å². The van der Waals surface area contributed by atoms with Gasteiger partial charge in [-0.25, -0.2) is 4.98 Å². The van der Waals surface area contributed by atoms with Crippen molar-refractivity contribution < 1.29 is 14.3 Å². The molecule has 3 aromatic carbocycles. The topological polar surface area (TPSA) is 83.6 Å². The second kappa shape index (κ2) is 14.0. The van der Waals surface area contributed by atoms with Gasteiger partial charge < -0.3 is 15.4 Å². The number of morpholine rings is 1. The molecule has 1 aromatic heterocycles. The fourth-order valence-corrected chi connectivity index (χ4v) is 6.02. The van der Waals surface area contributed by atoms with E-state index in [1.807, 2.05) is 30.3 Å². The van der Waals surface area contributed by atoms with Crippen LogP contribution in [0.2, 0.25) is 20.1 Å². The third kappa shape index (κ3) is 7.35. The fourth-order valence-electron chi connectivity index (χ4n) is 4.86. The monoisotopic (exact) mass is 644 g/mol. The number of hydrogen-bond acceptors (Lipinski definition) is 5. The van der Waals surface area contributed by atoms with E-state index in [0.29, 0.717) is 47.6 Å². The van der Waals surface area contributed by atoms with E-state index in [9.17, 15) is 9.59 Å². The van der Waals surface area contributed by atoms with E-state index in [2.05, 4.69) is 15.5 Å². The predicted molar refractivity (Wildman–Crippen MR) is 169 cm³/mol. The lowest BCUT2D eigenvalue weighted by Crippen LogP contribution is -2.50. The maximum atomic E-state index is 13.4. The molecule has 0 spiro atoms. The molecule has 1 aliphatic heterocycles. The Hall–Kier alpha value is -2.91. The third-order valence-electron chi connectivity index (χ3n) is 7.05. The maximum Gasteiger partial charge on any atom is 0.254 e. The summed E-state index contributed by atoms with van der Waals surface area (Å²) in [6.07, 6.45) is 0.241. The molecule has 11 heteroatoms. The molecule has 5 rings (SSSR count). The predicted octanol–water partition coefficient (Wildman–Crippen LogP) is 6.30. The van der Waals surface area contributed by atoms with Gasteiger partial charge in [-0.15, -0.1) is 0 Å². The minimum atomic E-state index is -0.874. The number of nitrogens with one attached hydrogen (secondary N) is 2. The van der Waals surface area contributed by atoms with Crippen LogP contribution in [0.1, 0.15) is 15.9 Å². The van der Waals surface area contributed by atoms with Crippen LogP contribution in [0.15, 0.2) is 66.7 Å². The van der Waals surface area contributed by atoms with E-state index < -0.39 is 11.9 Å². The average molecular weight is 646 g/mol. The first kappa shape index (κ1) is 30.5. The van der Waals surface area contributed by atoms with Gasteiger partial charge >= 0.3 is 0 Å². The second-order valence-corrected chi connectivity index (χ2v) is 11.5. The first-order chi connectivity index (χ1) is 20.3. The number of aromatic nitrogens is 1.